The van der Waals surface area contributed by atoms with Crippen LogP contribution in [0.2, 0.25) is 0 Å². The van der Waals surface area contributed by atoms with E-state index in [1.807, 2.05) is 0 Å². The molecule has 1 fully saturated rings. The van der Waals surface area contributed by atoms with Crippen molar-refractivity contribution in [2.75, 3.05) is 0 Å². The Morgan fingerprint density at radius 2 is 2.29 bits per heavy atom. The number of hydrogen-bond donors (Lipinski definition) is 0. The molecule has 1 aliphatic carbocycles. The van der Waals surface area contributed by atoms with E-state index < -0.39 is 44.6 Å². The Labute approximate surface area is 65.6 Å². The lowest BCUT2D eigenvalue weighted by Gasteiger charge is -2.15. The molecule has 42 valence electrons. The molecule has 0 nitrogen and oxygen atoms in total. The molecule has 0 bridgehead atoms. The van der Waals surface area contributed by atoms with E-state index in [1.54, 1.807) is 0 Å². The minimum atomic E-state index is -3.84. The Balaban J connectivity index is 3.93. The van der Waals surface area contributed by atoms with Gasteiger partial charge in [0, 0.05) is 19.2 Å². The largest absolute Gasteiger partial charge is 0.0625 e. The van der Waals surface area contributed by atoms with Crippen molar-refractivity contribution < 1.29 is 19.2 Å². The van der Waals surface area contributed by atoms with Crippen LogP contribution in [0, 0.1) is 5.89 Å². The first-order valence-electron chi connectivity index (χ1n) is 8.75. The molecular weight excluding hydrogens is 84.1 g/mol. The second kappa shape index (κ2) is 2.34. The van der Waals surface area contributed by atoms with Crippen molar-refractivity contribution in [2.24, 2.45) is 5.89 Å². The summed E-state index contributed by atoms with van der Waals surface area (Å²) >= 11 is 0. The van der Waals surface area contributed by atoms with Crippen LogP contribution in [-0.4, -0.2) is 0 Å². The van der Waals surface area contributed by atoms with Gasteiger partial charge in [-0.05, 0) is 5.89 Å². The first-order chi connectivity index (χ1) is 8.75. The topological polar surface area (TPSA) is 0 Å². The van der Waals surface area contributed by atoms with Crippen molar-refractivity contribution in [1.82, 2.24) is 0 Å². The average Bonchev–Trinajstić information content (AvgIpc) is 2.23. The summed E-state index contributed by atoms with van der Waals surface area (Å²) in [6.45, 7) is -3.73. The van der Waals surface area contributed by atoms with Crippen LogP contribution in [0.25, 0.3) is 0 Å². The molecule has 0 radical (unpaired) electrons. The summed E-state index contributed by atoms with van der Waals surface area (Å²) in [6.07, 6.45) is -18.8. The van der Waals surface area contributed by atoms with Crippen LogP contribution in [0.3, 0.4) is 0 Å². The van der Waals surface area contributed by atoms with Gasteiger partial charge in [0.25, 0.3) is 0 Å². The van der Waals surface area contributed by atoms with Gasteiger partial charge in [-0.15, -0.1) is 0 Å². The Hall–Kier alpha value is 0. The Morgan fingerprint density at radius 1 is 1.57 bits per heavy atom. The van der Waals surface area contributed by atoms with E-state index in [0.29, 0.717) is 0 Å². The SMILES string of the molecule is [2H]C([2H])([2H])C1([2H])C([2H])([2H])C([2H])([2H])C([2H])([2H])C([2H])([2H])C1([2H])[2H]. The van der Waals surface area contributed by atoms with Crippen LogP contribution in [0.15, 0.2) is 0 Å². The standard InChI is InChI=1S/C7H14/c1-7-5-3-2-4-6-7/h7H,2-6H2,1H3/i1D3,2D2,3D2,4D2,5D2,6D2,7D. The van der Waals surface area contributed by atoms with Gasteiger partial charge in [0.2, 0.25) is 0 Å². The highest BCUT2D eigenvalue weighted by atomic mass is 14.1. The zero-order valence-corrected chi connectivity index (χ0v) is 3.50. The molecule has 0 heterocycles. The minimum absolute atomic E-state index is 3.69. The second-order valence-electron chi connectivity index (χ2n) is 1.00. The fourth-order valence-electron chi connectivity index (χ4n) is 0.250. The molecule has 0 spiro atoms. The van der Waals surface area contributed by atoms with Gasteiger partial charge in [-0.1, -0.05) is 38.7 Å². The Kier molecular flexibility index (Phi) is 0.191. The normalized spacial score (nSPS) is 97.1. The van der Waals surface area contributed by atoms with Crippen LogP contribution >= 0.6 is 0 Å². The molecule has 0 aliphatic heterocycles. The predicted octanol–water partition coefficient (Wildman–Crippen LogP) is 2.59. The Morgan fingerprint density at radius 3 is 2.86 bits per heavy atom. The van der Waals surface area contributed by atoms with Crippen LogP contribution < -0.4 is 0 Å². The van der Waals surface area contributed by atoms with E-state index in [-0.39, 0.29) is 0 Å². The lowest BCUT2D eigenvalue weighted by atomic mass is 9.91. The summed E-state index contributed by atoms with van der Waals surface area (Å²) in [7, 11) is 0. The molecule has 0 amide bonds. The van der Waals surface area contributed by atoms with Crippen LogP contribution in [0.1, 0.15) is 57.9 Å². The molecule has 0 aromatic carbocycles. The highest BCUT2D eigenvalue weighted by Gasteiger charge is 2.05. The van der Waals surface area contributed by atoms with Crippen molar-refractivity contribution in [1.29, 1.82) is 0 Å². The molecule has 0 aromatic heterocycles. The van der Waals surface area contributed by atoms with Gasteiger partial charge < -0.3 is 0 Å². The zero-order chi connectivity index (χ0) is 17.5. The molecule has 1 saturated carbocycles. The quantitative estimate of drug-likeness (QED) is 0.452. The zero-order valence-electron chi connectivity index (χ0n) is 17.5. The van der Waals surface area contributed by atoms with Crippen molar-refractivity contribution >= 4 is 0 Å². The lowest BCUT2D eigenvalue weighted by Crippen LogP contribution is -1.99. The molecule has 1 rings (SSSR count). The third-order valence-electron chi connectivity index (χ3n) is 0.500. The second-order valence-corrected chi connectivity index (χ2v) is 1.00. The molecule has 0 unspecified atom stereocenters. The van der Waals surface area contributed by atoms with E-state index in [4.69, 9.17) is 19.2 Å². The van der Waals surface area contributed by atoms with E-state index in [1.165, 1.54) is 0 Å². The third-order valence-corrected chi connectivity index (χ3v) is 0.500. The summed E-state index contributed by atoms with van der Waals surface area (Å²) in [6, 6.07) is 0. The molecule has 7 heavy (non-hydrogen) atoms. The average molecular weight is 112 g/mol. The molecule has 0 atom stereocenters. The summed E-state index contributed by atoms with van der Waals surface area (Å²) in [4.78, 5) is 0. The van der Waals surface area contributed by atoms with Gasteiger partial charge in [0.1, 0.15) is 0 Å². The smallest absolute Gasteiger partial charge is 0.0300 e. The van der Waals surface area contributed by atoms with Crippen molar-refractivity contribution in [3.05, 3.63) is 0 Å². The number of hydrogen-bond acceptors (Lipinski definition) is 0. The van der Waals surface area contributed by atoms with E-state index >= 15 is 0 Å². The maximum atomic E-state index is 7.81. The van der Waals surface area contributed by atoms with Gasteiger partial charge in [0.05, 0.1) is 0 Å². The summed E-state index contributed by atoms with van der Waals surface area (Å²) in [5, 5.41) is 0. The van der Waals surface area contributed by atoms with Gasteiger partial charge in [-0.25, -0.2) is 0 Å². The lowest BCUT2D eigenvalue weighted by molar-refractivity contribution is 0.385. The first-order valence-corrected chi connectivity index (χ1v) is 1.75. The highest BCUT2D eigenvalue weighted by molar-refractivity contribution is 4.59. The third kappa shape index (κ3) is 1.50. The van der Waals surface area contributed by atoms with Crippen LogP contribution in [0.4, 0.5) is 0 Å². The fourth-order valence-corrected chi connectivity index (χ4v) is 0.250. The molecule has 0 heteroatoms. The van der Waals surface area contributed by atoms with Gasteiger partial charge >= 0.3 is 0 Å². The summed E-state index contributed by atoms with van der Waals surface area (Å²) < 4.78 is 105. The molecule has 1 aliphatic rings. The van der Waals surface area contributed by atoms with E-state index in [0.717, 1.165) is 0 Å². The molecular formula is C7H14. The number of rotatable bonds is 0. The highest BCUT2D eigenvalue weighted by Crippen LogP contribution is 2.21. The molecule has 0 aromatic rings. The summed E-state index contributed by atoms with van der Waals surface area (Å²) in [5.74, 6) is -3.84. The maximum absolute atomic E-state index is 7.81. The van der Waals surface area contributed by atoms with Crippen LogP contribution in [-0.2, 0) is 0 Å². The van der Waals surface area contributed by atoms with Gasteiger partial charge in [0.15, 0.2) is 0 Å². The minimum Gasteiger partial charge on any atom is -0.0625 e. The van der Waals surface area contributed by atoms with Crippen molar-refractivity contribution in [3.63, 3.8) is 0 Å². The van der Waals surface area contributed by atoms with Gasteiger partial charge in [-0.3, -0.25) is 0 Å². The maximum Gasteiger partial charge on any atom is 0.0300 e. The molecule has 0 N–H and O–H groups in total. The van der Waals surface area contributed by atoms with E-state index in [9.17, 15) is 0 Å². The van der Waals surface area contributed by atoms with E-state index in [2.05, 4.69) is 0 Å². The fraction of sp³-hybridized carbons (Fsp3) is 1.00. The van der Waals surface area contributed by atoms with Crippen molar-refractivity contribution in [2.45, 2.75) is 38.7 Å². The van der Waals surface area contributed by atoms with Crippen molar-refractivity contribution in [3.8, 4) is 0 Å². The Bertz CT molecular complexity index is 411. The van der Waals surface area contributed by atoms with Gasteiger partial charge in [-0.2, -0.15) is 0 Å². The monoisotopic (exact) mass is 112 g/mol. The first kappa shape index (κ1) is 0.571. The van der Waals surface area contributed by atoms with Crippen LogP contribution in [0.5, 0.6) is 0 Å². The summed E-state index contributed by atoms with van der Waals surface area (Å²) in [5.41, 5.74) is 0. The predicted molar refractivity (Wildman–Crippen MR) is 32.2 cm³/mol. The molecule has 0 saturated heterocycles.